The summed E-state index contributed by atoms with van der Waals surface area (Å²) < 4.78 is 7.30. The molecule has 1 aromatic carbocycles. The standard InChI is InChI=1S/C26H27IN4O2S/c1-26(32)9-11-30(12-10-26)16-18-3-5-19(6-4-18)21-13-22-23(17-31(34-27)25(22)29-15-21)20-7-8-24(33-2)28-14-20/h3-8,13-15,17,32H,9-12,16H2,1-2H3. The van der Waals surface area contributed by atoms with E-state index < -0.39 is 5.60 Å². The molecular weight excluding hydrogens is 559 g/mol. The minimum Gasteiger partial charge on any atom is -0.481 e. The van der Waals surface area contributed by atoms with Gasteiger partial charge in [-0.1, -0.05) is 24.3 Å². The van der Waals surface area contributed by atoms with Gasteiger partial charge in [-0.3, -0.25) is 8.87 Å². The number of likely N-dealkylation sites (tertiary alicyclic amines) is 1. The van der Waals surface area contributed by atoms with Gasteiger partial charge in [0.2, 0.25) is 5.88 Å². The molecule has 1 aliphatic rings. The highest BCUT2D eigenvalue weighted by atomic mass is 127. The lowest BCUT2D eigenvalue weighted by Crippen LogP contribution is -2.41. The zero-order valence-corrected chi connectivity index (χ0v) is 22.2. The van der Waals surface area contributed by atoms with Crippen molar-refractivity contribution in [2.75, 3.05) is 20.2 Å². The van der Waals surface area contributed by atoms with E-state index in [1.54, 1.807) is 16.2 Å². The smallest absolute Gasteiger partial charge is 0.212 e. The number of hydrogen-bond donors (Lipinski definition) is 1. The Balaban J connectivity index is 1.41. The van der Waals surface area contributed by atoms with Crippen molar-refractivity contribution < 1.29 is 9.84 Å². The molecule has 34 heavy (non-hydrogen) atoms. The zero-order valence-electron chi connectivity index (χ0n) is 19.2. The van der Waals surface area contributed by atoms with Gasteiger partial charge in [0.1, 0.15) is 0 Å². The predicted molar refractivity (Wildman–Crippen MR) is 147 cm³/mol. The summed E-state index contributed by atoms with van der Waals surface area (Å²) in [6, 6.07) is 14.9. The first-order valence-corrected chi connectivity index (χ1v) is 14.6. The van der Waals surface area contributed by atoms with E-state index >= 15 is 0 Å². The fourth-order valence-electron chi connectivity index (χ4n) is 4.43. The highest BCUT2D eigenvalue weighted by Crippen LogP contribution is 2.36. The van der Waals surface area contributed by atoms with Gasteiger partial charge in [0.25, 0.3) is 0 Å². The molecule has 1 saturated heterocycles. The molecule has 4 aromatic rings. The van der Waals surface area contributed by atoms with Gasteiger partial charge < -0.3 is 9.84 Å². The average Bonchev–Trinajstić information content (AvgIpc) is 3.24. The lowest BCUT2D eigenvalue weighted by Gasteiger charge is -2.35. The molecule has 0 atom stereocenters. The normalized spacial score (nSPS) is 16.1. The molecule has 0 amide bonds. The van der Waals surface area contributed by atoms with Crippen molar-refractivity contribution in [1.82, 2.24) is 18.8 Å². The van der Waals surface area contributed by atoms with Crippen molar-refractivity contribution >= 4 is 41.4 Å². The van der Waals surface area contributed by atoms with Crippen LogP contribution in [0.15, 0.2) is 61.1 Å². The highest BCUT2D eigenvalue weighted by Gasteiger charge is 2.27. The summed E-state index contributed by atoms with van der Waals surface area (Å²) >= 11 is 2.28. The maximum atomic E-state index is 10.2. The number of methoxy groups -OCH3 is 1. The van der Waals surface area contributed by atoms with E-state index in [0.29, 0.717) is 5.88 Å². The van der Waals surface area contributed by atoms with E-state index in [1.807, 2.05) is 31.5 Å². The van der Waals surface area contributed by atoms with Gasteiger partial charge in [0, 0.05) is 96.7 Å². The number of aliphatic hydroxyl groups is 1. The van der Waals surface area contributed by atoms with Gasteiger partial charge in [0.05, 0.1) is 12.7 Å². The Morgan fingerprint density at radius 3 is 2.38 bits per heavy atom. The largest absolute Gasteiger partial charge is 0.481 e. The minimum absolute atomic E-state index is 0.512. The van der Waals surface area contributed by atoms with E-state index in [2.05, 4.69) is 71.6 Å². The van der Waals surface area contributed by atoms with Gasteiger partial charge >= 0.3 is 0 Å². The molecule has 0 bridgehead atoms. The second kappa shape index (κ2) is 9.85. The molecule has 1 N–H and O–H groups in total. The van der Waals surface area contributed by atoms with Crippen molar-refractivity contribution in [1.29, 1.82) is 0 Å². The quantitative estimate of drug-likeness (QED) is 0.281. The molecule has 1 fully saturated rings. The molecule has 4 heterocycles. The summed E-state index contributed by atoms with van der Waals surface area (Å²) in [6.45, 7) is 4.72. The summed E-state index contributed by atoms with van der Waals surface area (Å²) in [5.41, 5.74) is 6.08. The van der Waals surface area contributed by atoms with Crippen LogP contribution in [0.4, 0.5) is 0 Å². The van der Waals surface area contributed by atoms with Crippen LogP contribution >= 0.6 is 30.3 Å². The monoisotopic (exact) mass is 586 g/mol. The fourth-order valence-corrected chi connectivity index (χ4v) is 5.69. The van der Waals surface area contributed by atoms with Gasteiger partial charge in [-0.25, -0.2) is 9.97 Å². The number of rotatable bonds is 6. The average molecular weight is 586 g/mol. The molecule has 0 aliphatic carbocycles. The van der Waals surface area contributed by atoms with E-state index in [9.17, 15) is 5.11 Å². The SMILES string of the molecule is COc1ccc(-c2cn(SI)c3ncc(-c4ccc(CN5CCC(C)(O)CC5)cc4)cc23)cn1. The van der Waals surface area contributed by atoms with Crippen LogP contribution in [0.3, 0.4) is 0 Å². The van der Waals surface area contributed by atoms with Gasteiger partial charge in [0.15, 0.2) is 5.65 Å². The Kier molecular flexibility index (Phi) is 6.83. The molecule has 5 rings (SSSR count). The molecule has 6 nitrogen and oxygen atoms in total. The van der Waals surface area contributed by atoms with Crippen molar-refractivity contribution in [2.45, 2.75) is 31.9 Å². The number of piperidine rings is 1. The topological polar surface area (TPSA) is 63.4 Å². The summed E-state index contributed by atoms with van der Waals surface area (Å²) in [6.07, 6.45) is 7.57. The van der Waals surface area contributed by atoms with Gasteiger partial charge in [-0.05, 0) is 43.0 Å². The Morgan fingerprint density at radius 2 is 1.74 bits per heavy atom. The van der Waals surface area contributed by atoms with Crippen LogP contribution in [0.1, 0.15) is 25.3 Å². The number of halogens is 1. The second-order valence-electron chi connectivity index (χ2n) is 9.09. The van der Waals surface area contributed by atoms with Crippen molar-refractivity contribution in [3.8, 4) is 28.1 Å². The molecule has 1 aliphatic heterocycles. The third kappa shape index (κ3) is 4.95. The third-order valence-electron chi connectivity index (χ3n) is 6.57. The first-order valence-electron chi connectivity index (χ1n) is 11.3. The first kappa shape index (κ1) is 23.6. The Hall–Kier alpha value is -2.14. The number of pyridine rings is 2. The summed E-state index contributed by atoms with van der Waals surface area (Å²) in [4.78, 5) is 11.6. The molecule has 0 spiro atoms. The zero-order chi connectivity index (χ0) is 23.7. The Labute approximate surface area is 216 Å². The first-order chi connectivity index (χ1) is 16.5. The maximum absolute atomic E-state index is 10.2. The highest BCUT2D eigenvalue weighted by molar-refractivity contribution is 14.2. The molecule has 0 saturated carbocycles. The van der Waals surface area contributed by atoms with Crippen LogP contribution in [0.2, 0.25) is 0 Å². The molecular formula is C26H27IN4O2S. The lowest BCUT2D eigenvalue weighted by molar-refractivity contribution is -0.00729. The minimum atomic E-state index is -0.512. The van der Waals surface area contributed by atoms with E-state index in [-0.39, 0.29) is 0 Å². The number of aromatic nitrogens is 3. The van der Waals surface area contributed by atoms with Crippen molar-refractivity contribution in [2.24, 2.45) is 0 Å². The third-order valence-corrected chi connectivity index (χ3v) is 8.27. The van der Waals surface area contributed by atoms with Gasteiger partial charge in [-0.15, -0.1) is 0 Å². The van der Waals surface area contributed by atoms with Crippen molar-refractivity contribution in [3.05, 3.63) is 66.6 Å². The molecule has 8 heteroatoms. The molecule has 176 valence electrons. The Morgan fingerprint density at radius 1 is 1.03 bits per heavy atom. The number of nitrogens with zero attached hydrogens (tertiary/aromatic N) is 4. The predicted octanol–water partition coefficient (Wildman–Crippen LogP) is 5.97. The fraction of sp³-hybridized carbons (Fsp3) is 0.308. The van der Waals surface area contributed by atoms with E-state index in [1.165, 1.54) is 5.56 Å². The van der Waals surface area contributed by atoms with Crippen molar-refractivity contribution in [3.63, 3.8) is 0 Å². The lowest BCUT2D eigenvalue weighted by atomic mass is 9.93. The Bertz CT molecular complexity index is 1280. The number of hydrogen-bond acceptors (Lipinski definition) is 6. The summed E-state index contributed by atoms with van der Waals surface area (Å²) in [5, 5.41) is 11.3. The van der Waals surface area contributed by atoms with Crippen LogP contribution in [-0.2, 0) is 6.54 Å². The van der Waals surface area contributed by atoms with Crippen LogP contribution in [0.5, 0.6) is 5.88 Å². The number of benzene rings is 1. The molecule has 0 radical (unpaired) electrons. The van der Waals surface area contributed by atoms with Crippen LogP contribution in [-0.4, -0.2) is 49.7 Å². The van der Waals surface area contributed by atoms with E-state index in [4.69, 9.17) is 9.72 Å². The van der Waals surface area contributed by atoms with E-state index in [0.717, 1.165) is 65.8 Å². The summed E-state index contributed by atoms with van der Waals surface area (Å²) in [5.74, 6) is 0.601. The molecule has 0 unspecified atom stereocenters. The second-order valence-corrected chi connectivity index (χ2v) is 10.8. The maximum Gasteiger partial charge on any atom is 0.212 e. The number of ether oxygens (including phenoxy) is 1. The van der Waals surface area contributed by atoms with Gasteiger partial charge in [-0.2, -0.15) is 0 Å². The van der Waals surface area contributed by atoms with Crippen LogP contribution in [0, 0.1) is 0 Å². The summed E-state index contributed by atoms with van der Waals surface area (Å²) in [7, 11) is 3.22. The molecule has 3 aromatic heterocycles. The van der Waals surface area contributed by atoms with Crippen LogP contribution < -0.4 is 4.74 Å². The van der Waals surface area contributed by atoms with Crippen LogP contribution in [0.25, 0.3) is 33.3 Å². The number of fused-ring (bicyclic) bond motifs is 1.